The number of fused-ring (bicyclic) bond motifs is 1. The normalized spacial score (nSPS) is 10.7. The number of carbonyl (C=O) groups is 1. The van der Waals surface area contributed by atoms with Crippen LogP contribution in [0.15, 0.2) is 36.4 Å². The van der Waals surface area contributed by atoms with Crippen LogP contribution in [0, 0.1) is 6.92 Å². The monoisotopic (exact) mass is 339 g/mol. The maximum Gasteiger partial charge on any atom is 0.224 e. The van der Waals surface area contributed by atoms with Gasteiger partial charge >= 0.3 is 0 Å². The highest BCUT2D eigenvalue weighted by molar-refractivity contribution is 5.79. The lowest BCUT2D eigenvalue weighted by Crippen LogP contribution is -2.24. The molecule has 130 valence electrons. The topological polar surface area (TPSA) is 76.2 Å². The molecule has 0 fully saturated rings. The summed E-state index contributed by atoms with van der Waals surface area (Å²) in [5.74, 6) is 2.10. The number of hydrogen-bond donors (Lipinski definition) is 2. The second-order valence-electron chi connectivity index (χ2n) is 5.82. The van der Waals surface area contributed by atoms with Crippen molar-refractivity contribution in [3.8, 4) is 11.5 Å². The second-order valence-corrected chi connectivity index (χ2v) is 5.82. The van der Waals surface area contributed by atoms with Crippen molar-refractivity contribution in [2.45, 2.75) is 19.9 Å². The lowest BCUT2D eigenvalue weighted by Gasteiger charge is -2.10. The highest BCUT2D eigenvalue weighted by atomic mass is 16.5. The molecule has 0 spiro atoms. The summed E-state index contributed by atoms with van der Waals surface area (Å²) in [4.78, 5) is 19.8. The Morgan fingerprint density at radius 3 is 2.60 bits per heavy atom. The number of methoxy groups -OCH3 is 2. The van der Waals surface area contributed by atoms with Crippen molar-refractivity contribution in [2.75, 3.05) is 14.2 Å². The number of aromatic nitrogens is 2. The molecule has 6 nitrogen and oxygen atoms in total. The number of benzene rings is 2. The first-order valence-corrected chi connectivity index (χ1v) is 8.02. The summed E-state index contributed by atoms with van der Waals surface area (Å²) in [6, 6.07) is 11.4. The number of amides is 1. The molecule has 2 N–H and O–H groups in total. The van der Waals surface area contributed by atoms with E-state index in [2.05, 4.69) is 15.3 Å². The van der Waals surface area contributed by atoms with E-state index in [4.69, 9.17) is 9.47 Å². The number of nitrogens with zero attached hydrogens (tertiary/aromatic N) is 1. The van der Waals surface area contributed by atoms with Gasteiger partial charge in [0.1, 0.15) is 5.82 Å². The molecule has 0 unspecified atom stereocenters. The minimum absolute atomic E-state index is 0.0480. The quantitative estimate of drug-likeness (QED) is 0.724. The van der Waals surface area contributed by atoms with E-state index in [9.17, 15) is 4.79 Å². The molecular formula is C19H21N3O3. The molecule has 25 heavy (non-hydrogen) atoms. The Balaban J connectivity index is 1.62. The van der Waals surface area contributed by atoms with Gasteiger partial charge in [-0.2, -0.15) is 0 Å². The minimum Gasteiger partial charge on any atom is -0.493 e. The van der Waals surface area contributed by atoms with Gasteiger partial charge in [-0.1, -0.05) is 12.1 Å². The number of nitrogens with one attached hydrogen (secondary N) is 2. The summed E-state index contributed by atoms with van der Waals surface area (Å²) in [6.45, 7) is 2.39. The fourth-order valence-corrected chi connectivity index (χ4v) is 2.73. The van der Waals surface area contributed by atoms with Gasteiger partial charge in [0.05, 0.1) is 31.7 Å². The zero-order valence-electron chi connectivity index (χ0n) is 14.6. The smallest absolute Gasteiger partial charge is 0.224 e. The van der Waals surface area contributed by atoms with Gasteiger partial charge in [0.25, 0.3) is 0 Å². The molecule has 3 aromatic rings. The van der Waals surface area contributed by atoms with E-state index in [1.54, 1.807) is 20.3 Å². The van der Waals surface area contributed by atoms with E-state index in [0.717, 1.165) is 28.0 Å². The Morgan fingerprint density at radius 2 is 1.84 bits per heavy atom. The molecule has 1 amide bonds. The van der Waals surface area contributed by atoms with Crippen LogP contribution >= 0.6 is 0 Å². The van der Waals surface area contributed by atoms with Crippen LogP contribution in [0.2, 0.25) is 0 Å². The number of aryl methyl sites for hydroxylation is 1. The zero-order valence-corrected chi connectivity index (χ0v) is 14.6. The molecule has 0 radical (unpaired) electrons. The fraction of sp³-hybridized carbons (Fsp3) is 0.263. The number of carbonyl (C=O) groups excluding carboxylic acids is 1. The zero-order chi connectivity index (χ0) is 17.8. The van der Waals surface area contributed by atoms with Crippen LogP contribution in [0.1, 0.15) is 17.0 Å². The van der Waals surface area contributed by atoms with Crippen molar-refractivity contribution >= 4 is 16.9 Å². The standard InChI is InChI=1S/C19H21N3O3/c1-12-21-15-6-4-14(8-16(15)22-12)11-20-19(23)10-13-5-7-17(24-2)18(9-13)25-3/h4-9H,10-11H2,1-3H3,(H,20,23)(H,21,22). The van der Waals surface area contributed by atoms with Gasteiger partial charge in [0.15, 0.2) is 11.5 Å². The van der Waals surface area contributed by atoms with E-state index >= 15 is 0 Å². The molecule has 0 saturated carbocycles. The molecule has 0 bridgehead atoms. The minimum atomic E-state index is -0.0480. The summed E-state index contributed by atoms with van der Waals surface area (Å²) in [7, 11) is 3.16. The highest BCUT2D eigenvalue weighted by Crippen LogP contribution is 2.27. The molecule has 1 aromatic heterocycles. The molecule has 3 rings (SSSR count). The molecule has 6 heteroatoms. The van der Waals surface area contributed by atoms with E-state index < -0.39 is 0 Å². The van der Waals surface area contributed by atoms with Crippen LogP contribution in [0.5, 0.6) is 11.5 Å². The number of imidazole rings is 1. The first kappa shape index (κ1) is 16.8. The van der Waals surface area contributed by atoms with Gasteiger partial charge in [-0.3, -0.25) is 4.79 Å². The maximum atomic E-state index is 12.2. The lowest BCUT2D eigenvalue weighted by molar-refractivity contribution is -0.120. The second kappa shape index (κ2) is 7.25. The average Bonchev–Trinajstić information content (AvgIpc) is 2.99. The van der Waals surface area contributed by atoms with E-state index in [0.29, 0.717) is 18.0 Å². The molecule has 0 aliphatic carbocycles. The molecule has 0 aliphatic rings. The molecule has 0 saturated heterocycles. The lowest BCUT2D eigenvalue weighted by atomic mass is 10.1. The largest absolute Gasteiger partial charge is 0.493 e. The SMILES string of the molecule is COc1ccc(CC(=O)NCc2ccc3nc(C)[nH]c3c2)cc1OC. The number of ether oxygens (including phenoxy) is 2. The van der Waals surface area contributed by atoms with Crippen LogP contribution < -0.4 is 14.8 Å². The molecule has 0 atom stereocenters. The van der Waals surface area contributed by atoms with Gasteiger partial charge in [0, 0.05) is 6.54 Å². The third-order valence-electron chi connectivity index (χ3n) is 3.97. The van der Waals surface area contributed by atoms with Crippen LogP contribution in [-0.4, -0.2) is 30.1 Å². The Labute approximate surface area is 146 Å². The Kier molecular flexibility index (Phi) is 4.88. The fourth-order valence-electron chi connectivity index (χ4n) is 2.73. The third-order valence-corrected chi connectivity index (χ3v) is 3.97. The molecule has 1 heterocycles. The number of hydrogen-bond acceptors (Lipinski definition) is 4. The van der Waals surface area contributed by atoms with Gasteiger partial charge in [-0.05, 0) is 42.3 Å². The van der Waals surface area contributed by atoms with Crippen molar-refractivity contribution in [1.29, 1.82) is 0 Å². The van der Waals surface area contributed by atoms with Crippen LogP contribution in [0.25, 0.3) is 11.0 Å². The first-order valence-electron chi connectivity index (χ1n) is 8.02. The maximum absolute atomic E-state index is 12.2. The Hall–Kier alpha value is -3.02. The van der Waals surface area contributed by atoms with Crippen LogP contribution in [0.4, 0.5) is 0 Å². The molecule has 2 aromatic carbocycles. The molecular weight excluding hydrogens is 318 g/mol. The molecule has 0 aliphatic heterocycles. The van der Waals surface area contributed by atoms with Crippen molar-refractivity contribution in [3.63, 3.8) is 0 Å². The van der Waals surface area contributed by atoms with E-state index in [-0.39, 0.29) is 12.3 Å². The van der Waals surface area contributed by atoms with Crippen LogP contribution in [-0.2, 0) is 17.8 Å². The van der Waals surface area contributed by atoms with Crippen molar-refractivity contribution in [3.05, 3.63) is 53.3 Å². The summed E-state index contributed by atoms with van der Waals surface area (Å²) in [5, 5.41) is 2.94. The third kappa shape index (κ3) is 3.91. The predicted octanol–water partition coefficient (Wildman–Crippen LogP) is 2.75. The summed E-state index contributed by atoms with van der Waals surface area (Å²) in [5.41, 5.74) is 3.80. The number of aromatic amines is 1. The van der Waals surface area contributed by atoms with Crippen molar-refractivity contribution < 1.29 is 14.3 Å². The Bertz CT molecular complexity index is 902. The van der Waals surface area contributed by atoms with Gasteiger partial charge in [-0.25, -0.2) is 4.98 Å². The van der Waals surface area contributed by atoms with Gasteiger partial charge in [-0.15, -0.1) is 0 Å². The van der Waals surface area contributed by atoms with Gasteiger partial charge in [0.2, 0.25) is 5.91 Å². The average molecular weight is 339 g/mol. The summed E-state index contributed by atoms with van der Waals surface area (Å²) < 4.78 is 10.5. The highest BCUT2D eigenvalue weighted by Gasteiger charge is 2.09. The van der Waals surface area contributed by atoms with Crippen LogP contribution in [0.3, 0.4) is 0 Å². The van der Waals surface area contributed by atoms with Crippen molar-refractivity contribution in [1.82, 2.24) is 15.3 Å². The summed E-state index contributed by atoms with van der Waals surface area (Å²) >= 11 is 0. The van der Waals surface area contributed by atoms with E-state index in [1.165, 1.54) is 0 Å². The predicted molar refractivity (Wildman–Crippen MR) is 95.9 cm³/mol. The van der Waals surface area contributed by atoms with E-state index in [1.807, 2.05) is 37.3 Å². The Morgan fingerprint density at radius 1 is 1.08 bits per heavy atom. The number of H-pyrrole nitrogens is 1. The van der Waals surface area contributed by atoms with Crippen molar-refractivity contribution in [2.24, 2.45) is 0 Å². The summed E-state index contributed by atoms with van der Waals surface area (Å²) in [6.07, 6.45) is 0.283. The first-order chi connectivity index (χ1) is 12.1. The van der Waals surface area contributed by atoms with Gasteiger partial charge < -0.3 is 19.8 Å². The number of rotatable bonds is 6.